The van der Waals surface area contributed by atoms with Gasteiger partial charge in [-0.3, -0.25) is 28.8 Å². The molecular weight excluding hydrogens is 460 g/mol. The normalized spacial score (nSPS) is 11.2. The molecule has 4 amide bonds. The summed E-state index contributed by atoms with van der Waals surface area (Å²) < 4.78 is 0. The first kappa shape index (κ1) is 31.8. The zero-order valence-corrected chi connectivity index (χ0v) is 20.3. The molecule has 12 heteroatoms. The van der Waals surface area contributed by atoms with Crippen LogP contribution in [0.4, 0.5) is 0 Å². The number of hydrogen-bond donors (Lipinski definition) is 6. The van der Waals surface area contributed by atoms with Crippen LogP contribution in [0.15, 0.2) is 0 Å². The van der Waals surface area contributed by atoms with Crippen LogP contribution in [-0.4, -0.2) is 72.0 Å². The SMILES string of the molecule is O=CNCC(=O)NCC(=O)NC(CC(=O)O)C(=O)NCCCCCCCCCCCCCC(=O)O. The Balaban J connectivity index is 3.90. The number of rotatable bonds is 23. The van der Waals surface area contributed by atoms with Crippen molar-refractivity contribution in [2.45, 2.75) is 89.5 Å². The van der Waals surface area contributed by atoms with Gasteiger partial charge in [0.15, 0.2) is 0 Å². The van der Waals surface area contributed by atoms with Crippen molar-refractivity contribution in [2.75, 3.05) is 19.6 Å². The largest absolute Gasteiger partial charge is 0.481 e. The third-order valence-corrected chi connectivity index (χ3v) is 5.19. The van der Waals surface area contributed by atoms with Crippen molar-refractivity contribution in [3.05, 3.63) is 0 Å². The predicted octanol–water partition coefficient (Wildman–Crippen LogP) is 0.690. The molecule has 0 bridgehead atoms. The van der Waals surface area contributed by atoms with E-state index in [0.717, 1.165) is 70.6 Å². The zero-order valence-electron chi connectivity index (χ0n) is 20.3. The van der Waals surface area contributed by atoms with Crippen LogP contribution < -0.4 is 21.3 Å². The van der Waals surface area contributed by atoms with Crippen LogP contribution in [0.2, 0.25) is 0 Å². The quantitative estimate of drug-likeness (QED) is 0.0871. The van der Waals surface area contributed by atoms with Gasteiger partial charge in [-0.2, -0.15) is 0 Å². The summed E-state index contributed by atoms with van der Waals surface area (Å²) in [5.74, 6) is -3.89. The molecule has 0 aliphatic rings. The molecular formula is C23H40N4O8. The minimum Gasteiger partial charge on any atom is -0.481 e. The van der Waals surface area contributed by atoms with Gasteiger partial charge in [0.1, 0.15) is 6.04 Å². The van der Waals surface area contributed by atoms with Gasteiger partial charge in [-0.25, -0.2) is 0 Å². The summed E-state index contributed by atoms with van der Waals surface area (Å²) >= 11 is 0. The van der Waals surface area contributed by atoms with E-state index in [2.05, 4.69) is 21.3 Å². The van der Waals surface area contributed by atoms with Gasteiger partial charge in [-0.15, -0.1) is 0 Å². The minimum absolute atomic E-state index is 0.247. The number of aliphatic carboxylic acids is 2. The van der Waals surface area contributed by atoms with Crippen molar-refractivity contribution in [1.82, 2.24) is 21.3 Å². The van der Waals surface area contributed by atoms with Gasteiger partial charge >= 0.3 is 11.9 Å². The fourth-order valence-corrected chi connectivity index (χ4v) is 3.33. The summed E-state index contributed by atoms with van der Waals surface area (Å²) in [6.07, 6.45) is 11.1. The molecule has 6 N–H and O–H groups in total. The van der Waals surface area contributed by atoms with E-state index in [1.165, 1.54) is 0 Å². The lowest BCUT2D eigenvalue weighted by Gasteiger charge is -2.17. The summed E-state index contributed by atoms with van der Waals surface area (Å²) in [6, 6.07) is -1.26. The van der Waals surface area contributed by atoms with Crippen molar-refractivity contribution in [3.63, 3.8) is 0 Å². The molecule has 1 atom stereocenters. The van der Waals surface area contributed by atoms with Crippen molar-refractivity contribution in [3.8, 4) is 0 Å². The van der Waals surface area contributed by atoms with Crippen molar-refractivity contribution >= 4 is 36.1 Å². The number of carboxylic acids is 2. The Morgan fingerprint density at radius 1 is 0.657 bits per heavy atom. The molecule has 0 fully saturated rings. The highest BCUT2D eigenvalue weighted by Gasteiger charge is 2.23. The number of hydrogen-bond acceptors (Lipinski definition) is 6. The van der Waals surface area contributed by atoms with Crippen LogP contribution in [-0.2, 0) is 28.8 Å². The predicted molar refractivity (Wildman–Crippen MR) is 127 cm³/mol. The van der Waals surface area contributed by atoms with Crippen LogP contribution in [0.5, 0.6) is 0 Å². The zero-order chi connectivity index (χ0) is 26.3. The van der Waals surface area contributed by atoms with Crippen molar-refractivity contribution < 1.29 is 39.0 Å². The number of carboxylic acid groups (broad SMARTS) is 2. The molecule has 0 radical (unpaired) electrons. The highest BCUT2D eigenvalue weighted by Crippen LogP contribution is 2.11. The number of amides is 4. The average Bonchev–Trinajstić information content (AvgIpc) is 2.80. The maximum absolute atomic E-state index is 12.3. The van der Waals surface area contributed by atoms with Gasteiger partial charge < -0.3 is 31.5 Å². The van der Waals surface area contributed by atoms with E-state index >= 15 is 0 Å². The second kappa shape index (κ2) is 21.4. The monoisotopic (exact) mass is 500 g/mol. The molecule has 0 saturated carbocycles. The van der Waals surface area contributed by atoms with E-state index in [9.17, 15) is 28.8 Å². The molecule has 200 valence electrons. The van der Waals surface area contributed by atoms with Gasteiger partial charge in [-0.05, 0) is 12.8 Å². The molecule has 0 saturated heterocycles. The van der Waals surface area contributed by atoms with E-state index < -0.39 is 48.7 Å². The first-order valence-corrected chi connectivity index (χ1v) is 12.2. The number of nitrogens with one attached hydrogen (secondary N) is 4. The Morgan fingerprint density at radius 2 is 1.20 bits per heavy atom. The molecule has 0 aliphatic carbocycles. The third kappa shape index (κ3) is 21.1. The molecule has 0 rings (SSSR count). The van der Waals surface area contributed by atoms with Gasteiger partial charge in [-0.1, -0.05) is 57.8 Å². The van der Waals surface area contributed by atoms with E-state index in [1.807, 2.05) is 0 Å². The molecule has 0 aromatic rings. The summed E-state index contributed by atoms with van der Waals surface area (Å²) in [6.45, 7) is -0.380. The van der Waals surface area contributed by atoms with Gasteiger partial charge in [0.05, 0.1) is 19.5 Å². The molecule has 0 heterocycles. The summed E-state index contributed by atoms with van der Waals surface area (Å²) in [5.41, 5.74) is 0. The Kier molecular flexibility index (Phi) is 19.4. The number of carbonyl (C=O) groups excluding carboxylic acids is 4. The lowest BCUT2D eigenvalue weighted by atomic mass is 10.1. The van der Waals surface area contributed by atoms with Crippen LogP contribution in [0.25, 0.3) is 0 Å². The highest BCUT2D eigenvalue weighted by molar-refractivity contribution is 5.92. The molecule has 0 aliphatic heterocycles. The summed E-state index contributed by atoms with van der Waals surface area (Å²) in [4.78, 5) is 67.2. The molecule has 0 spiro atoms. The second-order valence-corrected chi connectivity index (χ2v) is 8.32. The Hall–Kier alpha value is -3.18. The average molecular weight is 501 g/mol. The van der Waals surface area contributed by atoms with E-state index in [-0.39, 0.29) is 13.0 Å². The molecule has 0 aromatic heterocycles. The van der Waals surface area contributed by atoms with Crippen molar-refractivity contribution in [1.29, 1.82) is 0 Å². The van der Waals surface area contributed by atoms with E-state index in [1.54, 1.807) is 0 Å². The van der Waals surface area contributed by atoms with Gasteiger partial charge in [0.2, 0.25) is 24.1 Å². The van der Waals surface area contributed by atoms with Crippen LogP contribution in [0.3, 0.4) is 0 Å². The van der Waals surface area contributed by atoms with Crippen LogP contribution in [0.1, 0.15) is 83.5 Å². The lowest BCUT2D eigenvalue weighted by Crippen LogP contribution is -2.51. The number of unbranched alkanes of at least 4 members (excludes halogenated alkanes) is 10. The highest BCUT2D eigenvalue weighted by atomic mass is 16.4. The fraction of sp³-hybridized carbons (Fsp3) is 0.739. The van der Waals surface area contributed by atoms with Gasteiger partial charge in [0, 0.05) is 13.0 Å². The number of carbonyl (C=O) groups is 6. The molecule has 1 unspecified atom stereocenters. The van der Waals surface area contributed by atoms with Crippen LogP contribution in [0, 0.1) is 0 Å². The van der Waals surface area contributed by atoms with E-state index in [0.29, 0.717) is 13.0 Å². The van der Waals surface area contributed by atoms with Gasteiger partial charge in [0.25, 0.3) is 0 Å². The summed E-state index contributed by atoms with van der Waals surface area (Å²) in [7, 11) is 0. The molecule has 12 nitrogen and oxygen atoms in total. The molecule has 35 heavy (non-hydrogen) atoms. The smallest absolute Gasteiger partial charge is 0.305 e. The molecule has 0 aromatic carbocycles. The second-order valence-electron chi connectivity index (χ2n) is 8.32. The fourth-order valence-electron chi connectivity index (χ4n) is 3.33. The first-order valence-electron chi connectivity index (χ1n) is 12.2. The Morgan fingerprint density at radius 3 is 1.71 bits per heavy atom. The maximum atomic E-state index is 12.3. The first-order chi connectivity index (χ1) is 16.8. The lowest BCUT2D eigenvalue weighted by molar-refractivity contribution is -0.140. The summed E-state index contributed by atoms with van der Waals surface area (Å²) in [5, 5.41) is 26.9. The standard InChI is InChI=1S/C23H40N4O8/c28-17-24-15-19(29)26-16-20(30)27-18(14-22(33)34)23(35)25-13-11-9-7-5-3-1-2-4-6-8-10-12-21(31)32/h17-18H,1-16H2,(H,24,28)(H,25,35)(H,26,29)(H,27,30)(H,31,32)(H,33,34). The van der Waals surface area contributed by atoms with E-state index in [4.69, 9.17) is 10.2 Å². The Labute approximate surface area is 206 Å². The minimum atomic E-state index is -1.26. The Bertz CT molecular complexity index is 672. The third-order valence-electron chi connectivity index (χ3n) is 5.19. The topological polar surface area (TPSA) is 191 Å². The van der Waals surface area contributed by atoms with Crippen LogP contribution >= 0.6 is 0 Å². The van der Waals surface area contributed by atoms with Crippen molar-refractivity contribution in [2.24, 2.45) is 0 Å². The maximum Gasteiger partial charge on any atom is 0.305 e.